The van der Waals surface area contributed by atoms with Crippen LogP contribution in [-0.2, 0) is 16.4 Å². The van der Waals surface area contributed by atoms with Crippen molar-refractivity contribution in [2.24, 2.45) is 0 Å². The number of nitrogens with one attached hydrogen (secondary N) is 1. The molecule has 5 nitrogen and oxygen atoms in total. The lowest BCUT2D eigenvalue weighted by Crippen LogP contribution is -2.14. The number of nitrogens with zero attached hydrogens (tertiary/aromatic N) is 1. The van der Waals surface area contributed by atoms with E-state index in [4.69, 9.17) is 4.74 Å². The van der Waals surface area contributed by atoms with Crippen molar-refractivity contribution in [3.8, 4) is 5.75 Å². The van der Waals surface area contributed by atoms with Gasteiger partial charge in [0.1, 0.15) is 5.75 Å². The molecule has 3 rings (SSSR count). The van der Waals surface area contributed by atoms with Crippen molar-refractivity contribution >= 4 is 21.4 Å². The number of methoxy groups -OCH3 is 1. The number of ether oxygens (including phenoxy) is 1. The van der Waals surface area contributed by atoms with Crippen molar-refractivity contribution in [1.29, 1.82) is 0 Å². The van der Waals surface area contributed by atoms with Gasteiger partial charge in [-0.2, -0.15) is 0 Å². The van der Waals surface area contributed by atoms with Gasteiger partial charge in [0, 0.05) is 19.3 Å². The molecule has 1 aliphatic rings. The average Bonchev–Trinajstić information content (AvgIpc) is 2.88. The monoisotopic (exact) mass is 318 g/mol. The minimum absolute atomic E-state index is 0.210. The molecule has 0 fully saturated rings. The maximum absolute atomic E-state index is 12.4. The summed E-state index contributed by atoms with van der Waals surface area (Å²) in [7, 11) is -0.0453. The molecule has 0 spiro atoms. The third-order valence-corrected chi connectivity index (χ3v) is 5.23. The van der Waals surface area contributed by atoms with Gasteiger partial charge in [-0.15, -0.1) is 0 Å². The Balaban J connectivity index is 1.86. The van der Waals surface area contributed by atoms with Crippen molar-refractivity contribution in [2.75, 3.05) is 30.3 Å². The second-order valence-electron chi connectivity index (χ2n) is 5.30. The van der Waals surface area contributed by atoms with E-state index in [-0.39, 0.29) is 4.90 Å². The van der Waals surface area contributed by atoms with E-state index >= 15 is 0 Å². The minimum atomic E-state index is -3.60. The van der Waals surface area contributed by atoms with Gasteiger partial charge in [-0.1, -0.05) is 6.07 Å². The molecule has 1 heterocycles. The Morgan fingerprint density at radius 2 is 1.86 bits per heavy atom. The molecule has 0 aliphatic carbocycles. The first-order valence-corrected chi connectivity index (χ1v) is 8.49. The average molecular weight is 318 g/mol. The van der Waals surface area contributed by atoms with Gasteiger partial charge in [-0.25, -0.2) is 8.42 Å². The summed E-state index contributed by atoms with van der Waals surface area (Å²) < 4.78 is 32.5. The van der Waals surface area contributed by atoms with E-state index in [1.165, 1.54) is 17.7 Å². The fourth-order valence-electron chi connectivity index (χ4n) is 2.57. The van der Waals surface area contributed by atoms with E-state index in [0.717, 1.165) is 18.7 Å². The number of hydrogen-bond acceptors (Lipinski definition) is 4. The van der Waals surface area contributed by atoms with Crippen molar-refractivity contribution < 1.29 is 13.2 Å². The highest BCUT2D eigenvalue weighted by Crippen LogP contribution is 2.30. The maximum atomic E-state index is 12.4. The molecule has 0 saturated heterocycles. The first-order chi connectivity index (χ1) is 10.5. The van der Waals surface area contributed by atoms with Crippen LogP contribution in [0.5, 0.6) is 5.75 Å². The van der Waals surface area contributed by atoms with Gasteiger partial charge in [0.05, 0.1) is 17.7 Å². The summed E-state index contributed by atoms with van der Waals surface area (Å²) in [5.74, 6) is 0.623. The zero-order valence-corrected chi connectivity index (χ0v) is 13.4. The molecule has 0 amide bonds. The van der Waals surface area contributed by atoms with E-state index in [1.807, 2.05) is 19.2 Å². The van der Waals surface area contributed by atoms with Gasteiger partial charge in [-0.3, -0.25) is 4.72 Å². The van der Waals surface area contributed by atoms with Crippen LogP contribution in [0, 0.1) is 0 Å². The summed E-state index contributed by atoms with van der Waals surface area (Å²) in [6.07, 6.45) is 0.997. The molecule has 116 valence electrons. The Kier molecular flexibility index (Phi) is 3.70. The van der Waals surface area contributed by atoms with Crippen LogP contribution in [0.1, 0.15) is 5.56 Å². The molecule has 0 radical (unpaired) electrons. The molecule has 0 aromatic heterocycles. The Morgan fingerprint density at radius 3 is 2.55 bits per heavy atom. The molecule has 1 aliphatic heterocycles. The summed E-state index contributed by atoms with van der Waals surface area (Å²) in [5, 5.41) is 0. The van der Waals surface area contributed by atoms with E-state index in [1.54, 1.807) is 25.3 Å². The van der Waals surface area contributed by atoms with Crippen LogP contribution in [0.2, 0.25) is 0 Å². The third-order valence-electron chi connectivity index (χ3n) is 3.84. The van der Waals surface area contributed by atoms with Crippen LogP contribution in [0.25, 0.3) is 0 Å². The largest absolute Gasteiger partial charge is 0.497 e. The van der Waals surface area contributed by atoms with Crippen LogP contribution < -0.4 is 14.4 Å². The second kappa shape index (κ2) is 5.53. The summed E-state index contributed by atoms with van der Waals surface area (Å²) in [6, 6.07) is 12.0. The van der Waals surface area contributed by atoms with Gasteiger partial charge in [0.25, 0.3) is 10.0 Å². The van der Waals surface area contributed by atoms with E-state index in [0.29, 0.717) is 11.4 Å². The van der Waals surface area contributed by atoms with Crippen molar-refractivity contribution in [1.82, 2.24) is 0 Å². The molecule has 0 saturated carbocycles. The number of benzene rings is 2. The normalized spacial score (nSPS) is 13.8. The first-order valence-electron chi connectivity index (χ1n) is 7.00. The summed E-state index contributed by atoms with van der Waals surface area (Å²) >= 11 is 0. The highest BCUT2D eigenvalue weighted by molar-refractivity contribution is 7.92. The van der Waals surface area contributed by atoms with Crippen molar-refractivity contribution in [2.45, 2.75) is 11.3 Å². The van der Waals surface area contributed by atoms with E-state index in [9.17, 15) is 8.42 Å². The lowest BCUT2D eigenvalue weighted by Gasteiger charge is -2.14. The topological polar surface area (TPSA) is 58.6 Å². The fourth-order valence-corrected chi connectivity index (χ4v) is 3.62. The number of sulfonamides is 1. The van der Waals surface area contributed by atoms with Crippen molar-refractivity contribution in [3.05, 3.63) is 48.0 Å². The molecule has 2 aromatic carbocycles. The zero-order valence-electron chi connectivity index (χ0n) is 12.5. The van der Waals surface area contributed by atoms with Gasteiger partial charge in [0.15, 0.2) is 0 Å². The van der Waals surface area contributed by atoms with Gasteiger partial charge in [-0.05, 0) is 48.4 Å². The van der Waals surface area contributed by atoms with E-state index < -0.39 is 10.0 Å². The summed E-state index contributed by atoms with van der Waals surface area (Å²) in [4.78, 5) is 2.34. The molecular weight excluding hydrogens is 300 g/mol. The molecule has 1 N–H and O–H groups in total. The van der Waals surface area contributed by atoms with Gasteiger partial charge >= 0.3 is 0 Å². The Bertz CT molecular complexity index is 786. The number of anilines is 2. The minimum Gasteiger partial charge on any atom is -0.497 e. The predicted octanol–water partition coefficient (Wildman–Crippen LogP) is 2.49. The Labute approximate surface area is 130 Å². The van der Waals surface area contributed by atoms with Crippen LogP contribution >= 0.6 is 0 Å². The molecule has 0 unspecified atom stereocenters. The number of hydrogen-bond donors (Lipinski definition) is 1. The molecule has 0 bridgehead atoms. The number of likely N-dealkylation sites (N-methyl/N-ethyl adjacent to an activating group) is 1. The first kappa shape index (κ1) is 14.7. The highest BCUT2D eigenvalue weighted by atomic mass is 32.2. The smallest absolute Gasteiger partial charge is 0.261 e. The number of rotatable bonds is 4. The molecule has 6 heteroatoms. The second-order valence-corrected chi connectivity index (χ2v) is 6.98. The maximum Gasteiger partial charge on any atom is 0.261 e. The van der Waals surface area contributed by atoms with Crippen LogP contribution in [-0.4, -0.2) is 29.1 Å². The molecule has 0 atom stereocenters. The van der Waals surface area contributed by atoms with Crippen molar-refractivity contribution in [3.63, 3.8) is 0 Å². The quantitative estimate of drug-likeness (QED) is 0.941. The number of fused-ring (bicyclic) bond motifs is 1. The molecular formula is C16H18N2O3S. The van der Waals surface area contributed by atoms with Gasteiger partial charge in [0.2, 0.25) is 0 Å². The lowest BCUT2D eigenvalue weighted by atomic mass is 10.1. The SMILES string of the molecule is COc1ccc(S(=O)(=O)Nc2ccc3c(c2)N(C)CC3)cc1. The predicted molar refractivity (Wildman–Crippen MR) is 87.2 cm³/mol. The van der Waals surface area contributed by atoms with Gasteiger partial charge < -0.3 is 9.64 Å². The Morgan fingerprint density at radius 1 is 1.14 bits per heavy atom. The zero-order chi connectivity index (χ0) is 15.7. The molecule has 22 heavy (non-hydrogen) atoms. The summed E-state index contributed by atoms with van der Waals surface area (Å²) in [6.45, 7) is 0.962. The van der Waals surface area contributed by atoms with Crippen LogP contribution in [0.3, 0.4) is 0 Å². The standard InChI is InChI=1S/C16H18N2O3S/c1-18-10-9-12-3-4-13(11-16(12)18)17-22(19,20)15-7-5-14(21-2)6-8-15/h3-8,11,17H,9-10H2,1-2H3. The Hall–Kier alpha value is -2.21. The fraction of sp³-hybridized carbons (Fsp3) is 0.250. The summed E-state index contributed by atoms with van der Waals surface area (Å²) in [5.41, 5.74) is 2.90. The van der Waals surface area contributed by atoms with E-state index in [2.05, 4.69) is 9.62 Å². The highest BCUT2D eigenvalue weighted by Gasteiger charge is 2.18. The van der Waals surface area contributed by atoms with Crippen LogP contribution in [0.15, 0.2) is 47.4 Å². The van der Waals surface area contributed by atoms with Crippen LogP contribution in [0.4, 0.5) is 11.4 Å². The molecule has 2 aromatic rings. The third kappa shape index (κ3) is 2.74. The lowest BCUT2D eigenvalue weighted by molar-refractivity contribution is 0.414.